The number of imide groups is 1. The van der Waals surface area contributed by atoms with Gasteiger partial charge in [0.15, 0.2) is 0 Å². The molecule has 7 heteroatoms. The Morgan fingerprint density at radius 3 is 2.67 bits per heavy atom. The maximum Gasteiger partial charge on any atom is 0.410 e. The number of nitrogens with one attached hydrogen (secondary N) is 1. The minimum atomic E-state index is -0.751. The van der Waals surface area contributed by atoms with E-state index in [0.717, 1.165) is 30.6 Å². The van der Waals surface area contributed by atoms with Crippen LogP contribution >= 0.6 is 0 Å². The molecule has 0 bridgehead atoms. The van der Waals surface area contributed by atoms with Gasteiger partial charge in [-0.05, 0) is 64.0 Å². The molecule has 162 valence electrons. The average Bonchev–Trinajstić information content (AvgIpc) is 3.03. The number of hydrogen-bond donors (Lipinski definition) is 1. The van der Waals surface area contributed by atoms with Gasteiger partial charge in [0.1, 0.15) is 23.4 Å². The standard InChI is InChI=1S/C23H30N2O5/c1-22(2,3)30-21(28)25-10-7-15(8-11-25)12-16-4-5-18-17(13-16)23(14-29-18)9-6-19(26)24-20(23)27/h4-5,13,15H,6-12,14H2,1-3H3,(H,24,26,27). The van der Waals surface area contributed by atoms with Crippen LogP contribution in [0.15, 0.2) is 18.2 Å². The molecule has 1 spiro atoms. The van der Waals surface area contributed by atoms with Crippen LogP contribution in [0.5, 0.6) is 5.75 Å². The molecule has 0 saturated carbocycles. The van der Waals surface area contributed by atoms with E-state index >= 15 is 0 Å². The van der Waals surface area contributed by atoms with Gasteiger partial charge >= 0.3 is 6.09 Å². The van der Waals surface area contributed by atoms with Crippen molar-refractivity contribution in [1.29, 1.82) is 0 Å². The Balaban J connectivity index is 1.41. The Kier molecular flexibility index (Phi) is 5.24. The van der Waals surface area contributed by atoms with Crippen molar-refractivity contribution in [3.05, 3.63) is 29.3 Å². The predicted octanol–water partition coefficient (Wildman–Crippen LogP) is 2.94. The monoisotopic (exact) mass is 414 g/mol. The number of nitrogens with zero attached hydrogens (tertiary/aromatic N) is 1. The number of amides is 3. The van der Waals surface area contributed by atoms with Gasteiger partial charge in [0.05, 0.1) is 0 Å². The van der Waals surface area contributed by atoms with Gasteiger partial charge in [-0.25, -0.2) is 4.79 Å². The Hall–Kier alpha value is -2.57. The van der Waals surface area contributed by atoms with Gasteiger partial charge in [0.2, 0.25) is 11.8 Å². The first-order valence-corrected chi connectivity index (χ1v) is 10.7. The first kappa shape index (κ1) is 20.7. The van der Waals surface area contributed by atoms with Gasteiger partial charge in [-0.1, -0.05) is 12.1 Å². The minimum absolute atomic E-state index is 0.216. The molecule has 1 N–H and O–H groups in total. The molecular formula is C23H30N2O5. The van der Waals surface area contributed by atoms with Crippen LogP contribution in [0.2, 0.25) is 0 Å². The molecule has 3 amide bonds. The van der Waals surface area contributed by atoms with E-state index in [9.17, 15) is 14.4 Å². The van der Waals surface area contributed by atoms with Crippen molar-refractivity contribution in [3.63, 3.8) is 0 Å². The summed E-state index contributed by atoms with van der Waals surface area (Å²) in [6.07, 6.45) is 3.33. The van der Waals surface area contributed by atoms with Crippen LogP contribution < -0.4 is 10.1 Å². The lowest BCUT2D eigenvalue weighted by atomic mass is 9.74. The van der Waals surface area contributed by atoms with Gasteiger partial charge in [0, 0.05) is 25.1 Å². The van der Waals surface area contributed by atoms with E-state index in [2.05, 4.69) is 17.4 Å². The smallest absolute Gasteiger partial charge is 0.410 e. The van der Waals surface area contributed by atoms with Gasteiger partial charge in [-0.3, -0.25) is 14.9 Å². The van der Waals surface area contributed by atoms with Gasteiger partial charge in [-0.2, -0.15) is 0 Å². The molecule has 4 rings (SSSR count). The third-order valence-corrected chi connectivity index (χ3v) is 6.29. The number of hydrogen-bond acceptors (Lipinski definition) is 5. The summed E-state index contributed by atoms with van der Waals surface area (Å²) in [6, 6.07) is 6.08. The number of benzene rings is 1. The van der Waals surface area contributed by atoms with E-state index in [4.69, 9.17) is 9.47 Å². The highest BCUT2D eigenvalue weighted by atomic mass is 16.6. The second-order valence-corrected chi connectivity index (χ2v) is 9.69. The molecule has 1 atom stereocenters. The molecule has 3 heterocycles. The molecule has 3 aliphatic heterocycles. The van der Waals surface area contributed by atoms with Crippen LogP contribution in [0, 0.1) is 5.92 Å². The number of piperidine rings is 2. The van der Waals surface area contributed by atoms with E-state index in [1.165, 1.54) is 5.56 Å². The third kappa shape index (κ3) is 4.02. The Labute approximate surface area is 177 Å². The summed E-state index contributed by atoms with van der Waals surface area (Å²) in [5.41, 5.74) is 0.835. The number of likely N-dealkylation sites (tertiary alicyclic amines) is 1. The van der Waals surface area contributed by atoms with Crippen molar-refractivity contribution >= 4 is 17.9 Å². The average molecular weight is 415 g/mol. The lowest BCUT2D eigenvalue weighted by molar-refractivity contribution is -0.138. The largest absolute Gasteiger partial charge is 0.492 e. The topological polar surface area (TPSA) is 84.9 Å². The van der Waals surface area contributed by atoms with E-state index in [0.29, 0.717) is 38.5 Å². The minimum Gasteiger partial charge on any atom is -0.492 e. The lowest BCUT2D eigenvalue weighted by Crippen LogP contribution is -2.52. The molecule has 1 aromatic carbocycles. The normalized spacial score (nSPS) is 24.4. The number of ether oxygens (including phenoxy) is 2. The van der Waals surface area contributed by atoms with E-state index < -0.39 is 11.0 Å². The third-order valence-electron chi connectivity index (χ3n) is 6.29. The van der Waals surface area contributed by atoms with Crippen LogP contribution in [-0.2, 0) is 26.2 Å². The van der Waals surface area contributed by atoms with Crippen molar-refractivity contribution in [2.45, 2.75) is 63.9 Å². The van der Waals surface area contributed by atoms with Crippen LogP contribution in [0.3, 0.4) is 0 Å². The summed E-state index contributed by atoms with van der Waals surface area (Å²) in [7, 11) is 0. The zero-order valence-electron chi connectivity index (χ0n) is 18.0. The quantitative estimate of drug-likeness (QED) is 0.752. The molecule has 2 saturated heterocycles. The number of fused-ring (bicyclic) bond motifs is 2. The zero-order chi connectivity index (χ0) is 21.5. The zero-order valence-corrected chi connectivity index (χ0v) is 18.0. The Morgan fingerprint density at radius 2 is 2.00 bits per heavy atom. The predicted molar refractivity (Wildman–Crippen MR) is 110 cm³/mol. The Morgan fingerprint density at radius 1 is 1.27 bits per heavy atom. The fourth-order valence-corrected chi connectivity index (χ4v) is 4.61. The second kappa shape index (κ2) is 7.60. The highest BCUT2D eigenvalue weighted by Gasteiger charge is 2.50. The molecule has 30 heavy (non-hydrogen) atoms. The molecule has 7 nitrogen and oxygen atoms in total. The SMILES string of the molecule is CC(C)(C)OC(=O)N1CCC(Cc2ccc3c(c2)C2(CCC(=O)NC2=O)CO3)CC1. The molecule has 3 aliphatic rings. The summed E-state index contributed by atoms with van der Waals surface area (Å²) >= 11 is 0. The van der Waals surface area contributed by atoms with E-state index in [-0.39, 0.29) is 17.9 Å². The van der Waals surface area contributed by atoms with Crippen LogP contribution in [0.1, 0.15) is 57.6 Å². The summed E-state index contributed by atoms with van der Waals surface area (Å²) in [4.78, 5) is 38.3. The molecule has 1 aromatic rings. The molecule has 1 unspecified atom stereocenters. The highest BCUT2D eigenvalue weighted by Crippen LogP contribution is 2.44. The number of carbonyl (C=O) groups excluding carboxylic acids is 3. The molecule has 0 aliphatic carbocycles. The number of carbonyl (C=O) groups is 3. The summed E-state index contributed by atoms with van der Waals surface area (Å²) in [5, 5.41) is 2.48. The first-order chi connectivity index (χ1) is 14.2. The van der Waals surface area contributed by atoms with Crippen LogP contribution in [-0.4, -0.2) is 48.1 Å². The summed E-state index contributed by atoms with van der Waals surface area (Å²) in [5.74, 6) is 0.747. The van der Waals surface area contributed by atoms with Crippen molar-refractivity contribution in [2.75, 3.05) is 19.7 Å². The maximum atomic E-state index is 12.6. The lowest BCUT2D eigenvalue weighted by Gasteiger charge is -2.33. The van der Waals surface area contributed by atoms with Crippen molar-refractivity contribution < 1.29 is 23.9 Å². The van der Waals surface area contributed by atoms with Crippen molar-refractivity contribution in [3.8, 4) is 5.75 Å². The summed E-state index contributed by atoms with van der Waals surface area (Å²) < 4.78 is 11.3. The van der Waals surface area contributed by atoms with Crippen LogP contribution in [0.4, 0.5) is 4.79 Å². The summed E-state index contributed by atoms with van der Waals surface area (Å²) in [6.45, 7) is 7.32. The molecule has 2 fully saturated rings. The number of rotatable bonds is 2. The van der Waals surface area contributed by atoms with Crippen molar-refractivity contribution in [1.82, 2.24) is 10.2 Å². The first-order valence-electron chi connectivity index (χ1n) is 10.7. The van der Waals surface area contributed by atoms with E-state index in [1.807, 2.05) is 26.8 Å². The second-order valence-electron chi connectivity index (χ2n) is 9.69. The fourth-order valence-electron chi connectivity index (χ4n) is 4.61. The van der Waals surface area contributed by atoms with Gasteiger partial charge < -0.3 is 14.4 Å². The molecular weight excluding hydrogens is 384 g/mol. The Bertz CT molecular complexity index is 867. The molecule has 0 aromatic heterocycles. The maximum absolute atomic E-state index is 12.6. The van der Waals surface area contributed by atoms with Gasteiger partial charge in [0.25, 0.3) is 0 Å². The molecule has 0 radical (unpaired) electrons. The van der Waals surface area contributed by atoms with E-state index in [1.54, 1.807) is 4.90 Å². The van der Waals surface area contributed by atoms with Crippen LogP contribution in [0.25, 0.3) is 0 Å². The van der Waals surface area contributed by atoms with Crippen molar-refractivity contribution in [2.24, 2.45) is 5.92 Å². The highest BCUT2D eigenvalue weighted by molar-refractivity contribution is 6.04. The fraction of sp³-hybridized carbons (Fsp3) is 0.609. The van der Waals surface area contributed by atoms with Gasteiger partial charge in [-0.15, -0.1) is 0 Å².